The van der Waals surface area contributed by atoms with E-state index in [4.69, 9.17) is 4.84 Å². The summed E-state index contributed by atoms with van der Waals surface area (Å²) < 4.78 is 12.2. The van der Waals surface area contributed by atoms with E-state index in [1.54, 1.807) is 17.0 Å². The fourth-order valence-electron chi connectivity index (χ4n) is 2.14. The topological polar surface area (TPSA) is 114 Å². The average Bonchev–Trinajstić information content (AvgIpc) is 2.96. The molecule has 0 aromatic carbocycles. The number of hydrogen-bond donors (Lipinski definition) is 1. The lowest BCUT2D eigenvalue weighted by Gasteiger charge is -2.16. The van der Waals surface area contributed by atoms with Gasteiger partial charge in [-0.3, -0.25) is 14.2 Å². The van der Waals surface area contributed by atoms with Crippen LogP contribution in [0.3, 0.4) is 0 Å². The Morgan fingerprint density at radius 1 is 1.33 bits per heavy atom. The Hall–Kier alpha value is -1.35. The predicted molar refractivity (Wildman–Crippen MR) is 103 cm³/mol. The van der Waals surface area contributed by atoms with E-state index in [-0.39, 0.29) is 36.8 Å². The molecule has 0 aliphatic carbocycles. The second kappa shape index (κ2) is 10.3. The van der Waals surface area contributed by atoms with Crippen molar-refractivity contribution in [3.63, 3.8) is 0 Å². The fraction of sp³-hybridized carbons (Fsp3) is 0.500. The lowest BCUT2D eigenvalue weighted by molar-refractivity contribution is -0.197. The van der Waals surface area contributed by atoms with Crippen molar-refractivity contribution in [3.8, 4) is 0 Å². The van der Waals surface area contributed by atoms with E-state index in [9.17, 15) is 23.8 Å². The molecule has 11 heteroatoms. The lowest BCUT2D eigenvalue weighted by atomic mass is 10.4. The van der Waals surface area contributed by atoms with Crippen LogP contribution in [-0.2, 0) is 23.8 Å². The van der Waals surface area contributed by atoms with Gasteiger partial charge in [0.05, 0.1) is 6.42 Å². The van der Waals surface area contributed by atoms with Crippen LogP contribution in [0.2, 0.25) is 0 Å². The van der Waals surface area contributed by atoms with Crippen molar-refractivity contribution >= 4 is 46.7 Å². The van der Waals surface area contributed by atoms with E-state index < -0.39 is 25.2 Å². The summed E-state index contributed by atoms with van der Waals surface area (Å²) in [6, 6.07) is 5.62. The first kappa shape index (κ1) is 21.9. The highest BCUT2D eigenvalue weighted by molar-refractivity contribution is 8.76. The highest BCUT2D eigenvalue weighted by Gasteiger charge is 2.33. The number of carbonyl (C=O) groups is 3. The molecular weight excluding hydrogens is 411 g/mol. The zero-order chi connectivity index (χ0) is 19.9. The van der Waals surface area contributed by atoms with Gasteiger partial charge in [0.25, 0.3) is 11.8 Å². The van der Waals surface area contributed by atoms with Gasteiger partial charge in [0.1, 0.15) is 5.03 Å². The van der Waals surface area contributed by atoms with Crippen molar-refractivity contribution in [1.29, 1.82) is 0 Å². The van der Waals surface area contributed by atoms with Gasteiger partial charge in [-0.05, 0) is 29.3 Å². The molecule has 0 radical (unpaired) electrons. The zero-order valence-electron chi connectivity index (χ0n) is 14.8. The maximum absolute atomic E-state index is 12.2. The Kier molecular flexibility index (Phi) is 8.34. The van der Waals surface area contributed by atoms with Gasteiger partial charge < -0.3 is 9.73 Å². The van der Waals surface area contributed by atoms with Gasteiger partial charge in [0, 0.05) is 36.6 Å². The number of imide groups is 1. The van der Waals surface area contributed by atoms with Crippen LogP contribution < -0.4 is 0 Å². The monoisotopic (exact) mass is 432 g/mol. The van der Waals surface area contributed by atoms with Gasteiger partial charge in [-0.25, -0.2) is 9.78 Å². The Balaban J connectivity index is 1.68. The molecular formula is C16H21N2O6PS2. The molecule has 2 rings (SSSR count). The molecule has 1 aliphatic rings. The van der Waals surface area contributed by atoms with E-state index in [0.29, 0.717) is 11.5 Å². The molecule has 1 N–H and O–H groups in total. The third-order valence-corrected chi connectivity index (χ3v) is 8.42. The minimum absolute atomic E-state index is 0.0106. The van der Waals surface area contributed by atoms with Crippen LogP contribution in [0.25, 0.3) is 0 Å². The highest BCUT2D eigenvalue weighted by Crippen LogP contribution is 2.44. The summed E-state index contributed by atoms with van der Waals surface area (Å²) in [5.74, 6) is -2.01. The molecule has 2 unspecified atom stereocenters. The van der Waals surface area contributed by atoms with Crippen molar-refractivity contribution in [2.24, 2.45) is 0 Å². The first-order chi connectivity index (χ1) is 12.8. The molecule has 2 atom stereocenters. The standard InChI is InChI=1S/C16H21N2O6PS2/c1-12(26-27-13-4-2-3-9-17-13)7-10-25(22,23)11-8-16(21)24-18-14(19)5-6-15(18)20/h2-4,9,12H,5-8,10-11H2,1H3,(H,22,23). The maximum atomic E-state index is 12.2. The number of carbonyl (C=O) groups excluding carboxylic acids is 3. The Morgan fingerprint density at radius 2 is 2.04 bits per heavy atom. The van der Waals surface area contributed by atoms with Crippen LogP contribution in [0.5, 0.6) is 0 Å². The van der Waals surface area contributed by atoms with Gasteiger partial charge >= 0.3 is 5.97 Å². The van der Waals surface area contributed by atoms with Gasteiger partial charge in [0.2, 0.25) is 7.37 Å². The molecule has 8 nitrogen and oxygen atoms in total. The number of amides is 2. The van der Waals surface area contributed by atoms with Crippen molar-refractivity contribution in [2.45, 2.75) is 42.9 Å². The largest absolute Gasteiger partial charge is 0.344 e. The first-order valence-corrected chi connectivity index (χ1v) is 12.6. The van der Waals surface area contributed by atoms with Gasteiger partial charge in [-0.15, -0.1) is 5.06 Å². The molecule has 148 valence electrons. The number of pyridine rings is 1. The van der Waals surface area contributed by atoms with Crippen molar-refractivity contribution in [1.82, 2.24) is 10.0 Å². The minimum Gasteiger partial charge on any atom is -0.344 e. The highest BCUT2D eigenvalue weighted by atomic mass is 33.1. The quantitative estimate of drug-likeness (QED) is 0.339. The number of hydrogen-bond acceptors (Lipinski definition) is 8. The number of rotatable bonds is 10. The molecule has 1 aliphatic heterocycles. The Bertz CT molecular complexity index is 717. The lowest BCUT2D eigenvalue weighted by Crippen LogP contribution is -2.32. The van der Waals surface area contributed by atoms with Crippen LogP contribution in [0, 0.1) is 0 Å². The normalized spacial score (nSPS) is 17.6. The van der Waals surface area contributed by atoms with Crippen LogP contribution >= 0.6 is 29.0 Å². The summed E-state index contributed by atoms with van der Waals surface area (Å²) in [4.78, 5) is 53.4. The van der Waals surface area contributed by atoms with E-state index in [2.05, 4.69) is 4.98 Å². The van der Waals surface area contributed by atoms with E-state index >= 15 is 0 Å². The summed E-state index contributed by atoms with van der Waals surface area (Å²) in [5, 5.41) is 1.44. The summed E-state index contributed by atoms with van der Waals surface area (Å²) in [6.45, 7) is 1.96. The molecule has 1 aromatic rings. The fourth-order valence-corrected chi connectivity index (χ4v) is 5.95. The van der Waals surface area contributed by atoms with E-state index in [0.717, 1.165) is 5.03 Å². The molecule has 27 heavy (non-hydrogen) atoms. The van der Waals surface area contributed by atoms with Crippen LogP contribution in [0.4, 0.5) is 0 Å². The molecule has 1 aromatic heterocycles. The summed E-state index contributed by atoms with van der Waals surface area (Å²) in [6.07, 6.45) is 1.75. The second-order valence-electron chi connectivity index (χ2n) is 6.04. The molecule has 0 spiro atoms. The van der Waals surface area contributed by atoms with Crippen LogP contribution in [0.15, 0.2) is 29.4 Å². The van der Waals surface area contributed by atoms with Crippen LogP contribution in [0.1, 0.15) is 32.6 Å². The average molecular weight is 432 g/mol. The second-order valence-corrected chi connectivity index (χ2v) is 11.3. The maximum Gasteiger partial charge on any atom is 0.333 e. The number of aromatic nitrogens is 1. The van der Waals surface area contributed by atoms with E-state index in [1.165, 1.54) is 10.8 Å². The van der Waals surface area contributed by atoms with Crippen molar-refractivity contribution in [2.75, 3.05) is 12.3 Å². The third kappa shape index (κ3) is 7.65. The summed E-state index contributed by atoms with van der Waals surface area (Å²) >= 11 is 0. The number of nitrogens with zero attached hydrogens (tertiary/aromatic N) is 2. The molecule has 0 bridgehead atoms. The zero-order valence-corrected chi connectivity index (χ0v) is 17.3. The van der Waals surface area contributed by atoms with Gasteiger partial charge in [-0.2, -0.15) is 0 Å². The molecule has 1 fully saturated rings. The van der Waals surface area contributed by atoms with Crippen LogP contribution in [-0.4, -0.2) is 50.3 Å². The molecule has 0 saturated carbocycles. The third-order valence-electron chi connectivity index (χ3n) is 3.68. The Labute approximate surface area is 165 Å². The summed E-state index contributed by atoms with van der Waals surface area (Å²) in [5.41, 5.74) is 0. The molecule has 2 amide bonds. The number of hydroxylamine groups is 2. The smallest absolute Gasteiger partial charge is 0.333 e. The minimum atomic E-state index is -3.50. The summed E-state index contributed by atoms with van der Waals surface area (Å²) in [7, 11) is -0.427. The SMILES string of the molecule is CC(CCP(=O)(O)CCC(=O)ON1C(=O)CCC1=O)SSc1ccccn1. The van der Waals surface area contributed by atoms with Gasteiger partial charge in [0.15, 0.2) is 0 Å². The van der Waals surface area contributed by atoms with E-state index in [1.807, 2.05) is 25.1 Å². The first-order valence-electron chi connectivity index (χ1n) is 8.38. The molecule has 1 saturated heterocycles. The van der Waals surface area contributed by atoms with Crippen molar-refractivity contribution < 1.29 is 28.7 Å². The van der Waals surface area contributed by atoms with Gasteiger partial charge in [-0.1, -0.05) is 23.8 Å². The van der Waals surface area contributed by atoms with Crippen molar-refractivity contribution in [3.05, 3.63) is 24.4 Å². The Morgan fingerprint density at radius 3 is 2.67 bits per heavy atom. The predicted octanol–water partition coefficient (Wildman–Crippen LogP) is 2.87. The molecule has 2 heterocycles.